The van der Waals surface area contributed by atoms with Gasteiger partial charge in [0.15, 0.2) is 6.61 Å². The van der Waals surface area contributed by atoms with Crippen molar-refractivity contribution in [1.82, 2.24) is 10.2 Å². The number of carbonyl (C=O) groups excluding carboxylic acids is 1. The number of anilines is 1. The first kappa shape index (κ1) is 19.0. The summed E-state index contributed by atoms with van der Waals surface area (Å²) in [6.45, 7) is -0.201. The van der Waals surface area contributed by atoms with Crippen LogP contribution in [-0.2, 0) is 10.5 Å². The Morgan fingerprint density at radius 1 is 1.15 bits per heavy atom. The Balaban J connectivity index is 1.49. The molecule has 134 valence electrons. The molecule has 3 aromatic rings. The molecule has 0 fully saturated rings. The minimum atomic E-state index is -0.348. The highest BCUT2D eigenvalue weighted by Gasteiger charge is 2.11. The van der Waals surface area contributed by atoms with Crippen molar-refractivity contribution in [2.45, 2.75) is 10.6 Å². The van der Waals surface area contributed by atoms with E-state index < -0.39 is 0 Å². The third-order valence-corrected chi connectivity index (χ3v) is 5.66. The summed E-state index contributed by atoms with van der Waals surface area (Å²) in [6, 6.07) is 14.8. The van der Waals surface area contributed by atoms with Gasteiger partial charge in [-0.05, 0) is 24.3 Å². The number of ether oxygens (including phenoxy) is 1. The van der Waals surface area contributed by atoms with Gasteiger partial charge in [0.2, 0.25) is 5.13 Å². The molecule has 9 heteroatoms. The van der Waals surface area contributed by atoms with E-state index in [2.05, 4.69) is 15.5 Å². The van der Waals surface area contributed by atoms with Crippen molar-refractivity contribution >= 4 is 57.3 Å². The van der Waals surface area contributed by atoms with Crippen LogP contribution in [-0.4, -0.2) is 22.7 Å². The number of rotatable bonds is 7. The van der Waals surface area contributed by atoms with Gasteiger partial charge in [0.05, 0.1) is 10.8 Å². The second-order valence-electron chi connectivity index (χ2n) is 5.01. The van der Waals surface area contributed by atoms with E-state index in [9.17, 15) is 4.79 Å². The minimum Gasteiger partial charge on any atom is -0.482 e. The summed E-state index contributed by atoms with van der Waals surface area (Å²) in [7, 11) is 0. The van der Waals surface area contributed by atoms with Gasteiger partial charge in [-0.2, -0.15) is 0 Å². The maximum absolute atomic E-state index is 12.0. The first-order valence-electron chi connectivity index (χ1n) is 7.48. The maximum atomic E-state index is 12.0. The molecule has 0 aliphatic carbocycles. The van der Waals surface area contributed by atoms with Crippen LogP contribution in [0.5, 0.6) is 5.75 Å². The average molecular weight is 426 g/mol. The summed E-state index contributed by atoms with van der Waals surface area (Å²) in [6.07, 6.45) is 0. The molecule has 2 aromatic carbocycles. The monoisotopic (exact) mass is 425 g/mol. The molecule has 26 heavy (non-hydrogen) atoms. The molecule has 0 aliphatic heterocycles. The zero-order valence-electron chi connectivity index (χ0n) is 13.3. The van der Waals surface area contributed by atoms with Gasteiger partial charge in [-0.3, -0.25) is 10.1 Å². The molecule has 5 nitrogen and oxygen atoms in total. The number of halogens is 2. The van der Waals surface area contributed by atoms with E-state index in [-0.39, 0.29) is 12.5 Å². The fourth-order valence-electron chi connectivity index (χ4n) is 1.91. The molecule has 1 amide bonds. The van der Waals surface area contributed by atoms with Crippen LogP contribution in [0.3, 0.4) is 0 Å². The highest BCUT2D eigenvalue weighted by Crippen LogP contribution is 2.28. The Kier molecular flexibility index (Phi) is 6.73. The van der Waals surface area contributed by atoms with Gasteiger partial charge in [0.1, 0.15) is 10.8 Å². The smallest absolute Gasteiger partial charge is 0.264 e. The number of hydrogen-bond acceptors (Lipinski definition) is 6. The van der Waals surface area contributed by atoms with Crippen LogP contribution in [0, 0.1) is 0 Å². The lowest BCUT2D eigenvalue weighted by Gasteiger charge is -2.07. The van der Waals surface area contributed by atoms with E-state index in [1.54, 1.807) is 30.0 Å². The molecule has 1 N–H and O–H groups in total. The van der Waals surface area contributed by atoms with Gasteiger partial charge >= 0.3 is 0 Å². The molecule has 0 bridgehead atoms. The zero-order chi connectivity index (χ0) is 18.4. The van der Waals surface area contributed by atoms with Crippen LogP contribution in [0.15, 0.2) is 53.4 Å². The molecule has 3 rings (SSSR count). The molecule has 0 unspecified atom stereocenters. The molecule has 0 radical (unpaired) electrons. The van der Waals surface area contributed by atoms with E-state index in [0.717, 1.165) is 9.90 Å². The Bertz CT molecular complexity index is 891. The van der Waals surface area contributed by atoms with Crippen LogP contribution in [0.25, 0.3) is 0 Å². The summed E-state index contributed by atoms with van der Waals surface area (Å²) in [4.78, 5) is 13.1. The van der Waals surface area contributed by atoms with Crippen molar-refractivity contribution in [1.29, 1.82) is 0 Å². The van der Waals surface area contributed by atoms with Gasteiger partial charge < -0.3 is 4.74 Å². The minimum absolute atomic E-state index is 0.201. The first-order chi connectivity index (χ1) is 12.6. The van der Waals surface area contributed by atoms with E-state index in [4.69, 9.17) is 27.9 Å². The quantitative estimate of drug-likeness (QED) is 0.529. The van der Waals surface area contributed by atoms with Crippen LogP contribution >= 0.6 is 46.3 Å². The highest BCUT2D eigenvalue weighted by atomic mass is 35.5. The van der Waals surface area contributed by atoms with Crippen molar-refractivity contribution < 1.29 is 9.53 Å². The van der Waals surface area contributed by atoms with Gasteiger partial charge in [0, 0.05) is 16.0 Å². The number of aromatic nitrogens is 2. The Morgan fingerprint density at radius 3 is 2.77 bits per heavy atom. The SMILES string of the molecule is O=C(COc1cc(Cl)ccc1Cl)Nc1nnc(CSc2ccccc2)s1. The van der Waals surface area contributed by atoms with Crippen LogP contribution in [0.1, 0.15) is 5.01 Å². The van der Waals surface area contributed by atoms with Crippen molar-refractivity contribution in [3.05, 3.63) is 63.6 Å². The maximum Gasteiger partial charge on any atom is 0.264 e. The van der Waals surface area contributed by atoms with Crippen molar-refractivity contribution in [2.75, 3.05) is 11.9 Å². The van der Waals surface area contributed by atoms with E-state index in [1.165, 1.54) is 11.3 Å². The van der Waals surface area contributed by atoms with Crippen molar-refractivity contribution in [3.63, 3.8) is 0 Å². The number of hydrogen-bond donors (Lipinski definition) is 1. The molecule has 1 heterocycles. The predicted octanol–water partition coefficient (Wildman–Crippen LogP) is 5.15. The molecule has 0 aliphatic rings. The normalized spacial score (nSPS) is 10.5. The van der Waals surface area contributed by atoms with Crippen molar-refractivity contribution in [3.8, 4) is 5.75 Å². The summed E-state index contributed by atoms with van der Waals surface area (Å²) in [5, 5.41) is 12.8. The molecule has 0 atom stereocenters. The summed E-state index contributed by atoms with van der Waals surface area (Å²) in [5.41, 5.74) is 0. The van der Waals surface area contributed by atoms with Crippen LogP contribution in [0.4, 0.5) is 5.13 Å². The standard InChI is InChI=1S/C17H13Cl2N3O2S2/c18-11-6-7-13(19)14(8-11)24-9-15(23)20-17-22-21-16(26-17)10-25-12-4-2-1-3-5-12/h1-8H,9-10H2,(H,20,22,23). The molecule has 0 saturated carbocycles. The number of nitrogens with zero attached hydrogens (tertiary/aromatic N) is 2. The summed E-state index contributed by atoms with van der Waals surface area (Å²) >= 11 is 14.9. The number of amides is 1. The molecular formula is C17H13Cl2N3O2S2. The molecule has 0 saturated heterocycles. The lowest BCUT2D eigenvalue weighted by Crippen LogP contribution is -2.20. The predicted molar refractivity (Wildman–Crippen MR) is 106 cm³/mol. The lowest BCUT2D eigenvalue weighted by atomic mass is 10.3. The van der Waals surface area contributed by atoms with Gasteiger partial charge in [-0.1, -0.05) is 52.7 Å². The largest absolute Gasteiger partial charge is 0.482 e. The number of thioether (sulfide) groups is 1. The first-order valence-corrected chi connectivity index (χ1v) is 10.0. The topological polar surface area (TPSA) is 64.1 Å². The van der Waals surface area contributed by atoms with E-state index in [1.807, 2.05) is 30.3 Å². The fraction of sp³-hybridized carbons (Fsp3) is 0.118. The third-order valence-electron chi connectivity index (χ3n) is 3.07. The fourth-order valence-corrected chi connectivity index (χ4v) is 3.91. The van der Waals surface area contributed by atoms with Crippen LogP contribution < -0.4 is 10.1 Å². The Labute approximate surface area is 168 Å². The number of carbonyl (C=O) groups is 1. The Hall–Kier alpha value is -1.80. The summed E-state index contributed by atoms with van der Waals surface area (Å²) < 4.78 is 5.39. The average Bonchev–Trinajstić information content (AvgIpc) is 3.09. The van der Waals surface area contributed by atoms with E-state index >= 15 is 0 Å². The molecule has 1 aromatic heterocycles. The number of nitrogens with one attached hydrogen (secondary N) is 1. The third kappa shape index (κ3) is 5.60. The van der Waals surface area contributed by atoms with Gasteiger partial charge in [0.25, 0.3) is 5.91 Å². The van der Waals surface area contributed by atoms with Crippen molar-refractivity contribution in [2.24, 2.45) is 0 Å². The lowest BCUT2D eigenvalue weighted by molar-refractivity contribution is -0.118. The number of benzene rings is 2. The highest BCUT2D eigenvalue weighted by molar-refractivity contribution is 7.98. The summed E-state index contributed by atoms with van der Waals surface area (Å²) in [5.74, 6) is 0.692. The van der Waals surface area contributed by atoms with E-state index in [0.29, 0.717) is 26.7 Å². The molecule has 0 spiro atoms. The zero-order valence-corrected chi connectivity index (χ0v) is 16.5. The Morgan fingerprint density at radius 2 is 1.96 bits per heavy atom. The van der Waals surface area contributed by atoms with Gasteiger partial charge in [-0.25, -0.2) is 0 Å². The van der Waals surface area contributed by atoms with Crippen LogP contribution in [0.2, 0.25) is 10.0 Å². The second-order valence-corrected chi connectivity index (χ2v) is 7.97. The van der Waals surface area contributed by atoms with Gasteiger partial charge in [-0.15, -0.1) is 22.0 Å². The molecular weight excluding hydrogens is 413 g/mol. The second kappa shape index (κ2) is 9.23.